The van der Waals surface area contributed by atoms with Crippen molar-refractivity contribution in [3.8, 4) is 5.82 Å². The molecule has 0 unspecified atom stereocenters. The molecule has 0 radical (unpaired) electrons. The summed E-state index contributed by atoms with van der Waals surface area (Å²) in [4.78, 5) is 3.98. The van der Waals surface area contributed by atoms with Crippen molar-refractivity contribution in [1.29, 1.82) is 0 Å². The summed E-state index contributed by atoms with van der Waals surface area (Å²) >= 11 is 3.34. The van der Waals surface area contributed by atoms with Crippen LogP contribution >= 0.6 is 11.6 Å². The number of halogens is 2. The topological polar surface area (TPSA) is 43.6 Å². The summed E-state index contributed by atoms with van der Waals surface area (Å²) in [6.07, 6.45) is 7.43. The second-order valence-corrected chi connectivity index (χ2v) is 20.9. The first kappa shape index (κ1) is 22.6. The van der Waals surface area contributed by atoms with Gasteiger partial charge in [-0.3, -0.25) is 0 Å². The molecule has 0 N–H and O–H groups in total. The molecule has 0 aromatic carbocycles. The summed E-state index contributed by atoms with van der Waals surface area (Å²) in [5, 5.41) is 9.40. The van der Waals surface area contributed by atoms with Crippen LogP contribution in [0.5, 0.6) is 0 Å². The molecule has 2 heterocycles. The van der Waals surface area contributed by atoms with E-state index in [1.165, 1.54) is 61.6 Å². The van der Waals surface area contributed by atoms with Crippen molar-refractivity contribution >= 4 is 33.7 Å². The van der Waals surface area contributed by atoms with Gasteiger partial charge in [-0.05, 0) is 0 Å². The minimum atomic E-state index is -2.69. The van der Waals surface area contributed by atoms with Gasteiger partial charge in [-0.25, -0.2) is 0 Å². The predicted molar refractivity (Wildman–Crippen MR) is 113 cm³/mol. The van der Waals surface area contributed by atoms with Gasteiger partial charge in [0.1, 0.15) is 0 Å². The first-order valence-electron chi connectivity index (χ1n) is 10.2. The molecule has 2 aromatic rings. The fourth-order valence-electron chi connectivity index (χ4n) is 3.87. The Kier molecular flexibility index (Phi) is 8.99. The number of rotatable bonds is 11. The van der Waals surface area contributed by atoms with Crippen molar-refractivity contribution in [2.75, 3.05) is 0 Å². The molecule has 0 atom stereocenters. The Balaban J connectivity index is 2.49. The van der Waals surface area contributed by atoms with Crippen LogP contribution in [-0.2, 0) is 0 Å². The van der Waals surface area contributed by atoms with Gasteiger partial charge < -0.3 is 0 Å². The number of unbranched alkanes of at least 4 members (excludes halogenated alkanes) is 3. The van der Waals surface area contributed by atoms with Gasteiger partial charge in [0.2, 0.25) is 0 Å². The van der Waals surface area contributed by atoms with E-state index < -0.39 is 24.3 Å². The minimum absolute atomic E-state index is 0.326. The van der Waals surface area contributed by atoms with Crippen LogP contribution in [0, 0.1) is 12.9 Å². The fourth-order valence-corrected chi connectivity index (χ4v) is 20.3. The van der Waals surface area contributed by atoms with E-state index in [-0.39, 0.29) is 0 Å². The number of nitrogens with zero attached hydrogens (tertiary/aromatic N) is 4. The SMILES string of the molecule is CCC[CH2][Sn]([CH2]CCC)([CH2]CCC)[c]1nnn(-c2cc(Cl)cc(F)n2)c1C. The second-order valence-electron chi connectivity index (χ2n) is 7.49. The molecule has 27 heavy (non-hydrogen) atoms. The van der Waals surface area contributed by atoms with E-state index in [4.69, 9.17) is 11.6 Å². The molecular weight excluding hydrogens is 469 g/mol. The third kappa shape index (κ3) is 5.66. The molecule has 0 aliphatic heterocycles. The first-order valence-corrected chi connectivity index (χ1v) is 18.1. The fraction of sp³-hybridized carbons (Fsp3) is 0.650. The van der Waals surface area contributed by atoms with Crippen molar-refractivity contribution in [2.24, 2.45) is 0 Å². The Morgan fingerprint density at radius 3 is 2.04 bits per heavy atom. The summed E-state index contributed by atoms with van der Waals surface area (Å²) < 4.78 is 20.6. The van der Waals surface area contributed by atoms with Gasteiger partial charge in [0.25, 0.3) is 0 Å². The molecule has 0 saturated carbocycles. The molecule has 0 fully saturated rings. The van der Waals surface area contributed by atoms with Crippen LogP contribution in [0.4, 0.5) is 4.39 Å². The van der Waals surface area contributed by atoms with E-state index in [0.717, 1.165) is 5.69 Å². The van der Waals surface area contributed by atoms with Gasteiger partial charge in [0.05, 0.1) is 0 Å². The van der Waals surface area contributed by atoms with Crippen LogP contribution in [0.15, 0.2) is 12.1 Å². The Morgan fingerprint density at radius 2 is 1.56 bits per heavy atom. The van der Waals surface area contributed by atoms with Crippen molar-refractivity contribution in [3.05, 3.63) is 28.8 Å². The second kappa shape index (κ2) is 10.7. The Hall–Kier alpha value is -0.691. The average molecular weight is 502 g/mol. The molecule has 2 rings (SSSR count). The Morgan fingerprint density at radius 1 is 1.00 bits per heavy atom. The molecule has 0 aliphatic rings. The van der Waals surface area contributed by atoms with E-state index in [2.05, 4.69) is 43.0 Å². The van der Waals surface area contributed by atoms with Crippen LogP contribution in [-0.4, -0.2) is 38.4 Å². The number of pyridine rings is 1. The van der Waals surface area contributed by atoms with Crippen LogP contribution in [0.3, 0.4) is 0 Å². The summed E-state index contributed by atoms with van der Waals surface area (Å²) in [5.41, 5.74) is 1.03. The van der Waals surface area contributed by atoms with Gasteiger partial charge in [0.15, 0.2) is 0 Å². The molecule has 150 valence electrons. The van der Waals surface area contributed by atoms with E-state index in [1.54, 1.807) is 10.7 Å². The van der Waals surface area contributed by atoms with E-state index >= 15 is 0 Å². The van der Waals surface area contributed by atoms with E-state index in [0.29, 0.717) is 10.8 Å². The van der Waals surface area contributed by atoms with E-state index in [1.807, 2.05) is 0 Å². The Bertz CT molecular complexity index is 693. The maximum atomic E-state index is 13.7. The quantitative estimate of drug-likeness (QED) is 0.288. The zero-order valence-corrected chi connectivity index (χ0v) is 20.7. The zero-order valence-electron chi connectivity index (χ0n) is 17.1. The van der Waals surface area contributed by atoms with Gasteiger partial charge >= 0.3 is 172 Å². The molecule has 0 amide bonds. The van der Waals surface area contributed by atoms with Crippen LogP contribution < -0.4 is 3.71 Å². The van der Waals surface area contributed by atoms with Gasteiger partial charge in [-0.1, -0.05) is 0 Å². The molecule has 0 aliphatic carbocycles. The maximum absolute atomic E-state index is 13.7. The third-order valence-corrected chi connectivity index (χ3v) is 21.0. The first-order chi connectivity index (χ1) is 13.0. The van der Waals surface area contributed by atoms with E-state index in [9.17, 15) is 4.39 Å². The van der Waals surface area contributed by atoms with Crippen LogP contribution in [0.1, 0.15) is 65.0 Å². The van der Waals surface area contributed by atoms with Gasteiger partial charge in [-0.2, -0.15) is 0 Å². The summed E-state index contributed by atoms with van der Waals surface area (Å²) in [6.45, 7) is 8.85. The van der Waals surface area contributed by atoms with Crippen molar-refractivity contribution in [2.45, 2.75) is 79.5 Å². The van der Waals surface area contributed by atoms with Crippen molar-refractivity contribution in [1.82, 2.24) is 20.0 Å². The van der Waals surface area contributed by atoms with Crippen molar-refractivity contribution < 1.29 is 4.39 Å². The number of hydrogen-bond donors (Lipinski definition) is 0. The summed E-state index contributed by atoms with van der Waals surface area (Å²) in [7, 11) is 0. The number of hydrogen-bond acceptors (Lipinski definition) is 3. The zero-order chi connectivity index (χ0) is 19.9. The number of aromatic nitrogens is 4. The molecule has 4 nitrogen and oxygen atoms in total. The molecular formula is C20H32ClFN4Sn. The molecule has 0 saturated heterocycles. The Labute approximate surface area is 171 Å². The summed E-state index contributed by atoms with van der Waals surface area (Å²) in [5.74, 6) is -0.176. The summed E-state index contributed by atoms with van der Waals surface area (Å²) in [6, 6.07) is 2.86. The third-order valence-electron chi connectivity index (χ3n) is 5.39. The monoisotopic (exact) mass is 502 g/mol. The van der Waals surface area contributed by atoms with Crippen molar-refractivity contribution in [3.63, 3.8) is 0 Å². The average Bonchev–Trinajstić information content (AvgIpc) is 3.03. The molecule has 0 spiro atoms. The predicted octanol–water partition coefficient (Wildman–Crippen LogP) is 5.82. The van der Waals surface area contributed by atoms with Crippen LogP contribution in [0.25, 0.3) is 5.82 Å². The van der Waals surface area contributed by atoms with Gasteiger partial charge in [-0.15, -0.1) is 0 Å². The van der Waals surface area contributed by atoms with Gasteiger partial charge in [0, 0.05) is 0 Å². The molecule has 0 bridgehead atoms. The standard InChI is InChI=1S/C8H5ClFN4.3C4H9.Sn/c1-5-4-11-13-14(5)8-3-6(9)2-7(10)12-8;3*1-3-4-2;/h2-3H,1H3;3*1,3-4H2,2H3;. The normalized spacial score (nSPS) is 11.9. The van der Waals surface area contributed by atoms with Crippen LogP contribution in [0.2, 0.25) is 18.3 Å². The molecule has 7 heteroatoms. The molecule has 2 aromatic heterocycles.